The number of nitrogens with zero attached hydrogens (tertiary/aromatic N) is 1. The van der Waals surface area contributed by atoms with Gasteiger partial charge in [0.2, 0.25) is 5.91 Å². The number of alkyl halides is 6. The van der Waals surface area contributed by atoms with Crippen molar-refractivity contribution in [3.63, 3.8) is 0 Å². The Kier molecular flexibility index (Phi) is 12.2. The van der Waals surface area contributed by atoms with E-state index in [1.807, 2.05) is 30.3 Å². The maximum Gasteiger partial charge on any atom is 0.416 e. The molecule has 0 saturated carbocycles. The average molecular weight is 707 g/mol. The molecular formula is C33H35Cl2F6N3O3. The highest BCUT2D eigenvalue weighted by Crippen LogP contribution is 2.37. The average Bonchev–Trinajstić information content (AvgIpc) is 3.01. The summed E-state index contributed by atoms with van der Waals surface area (Å²) in [7, 11) is 0. The molecule has 2 atom stereocenters. The summed E-state index contributed by atoms with van der Waals surface area (Å²) in [5.74, 6) is -1.07. The molecule has 0 bridgehead atoms. The largest absolute Gasteiger partial charge is 0.416 e. The zero-order chi connectivity index (χ0) is 34.4. The molecule has 4 N–H and O–H groups in total. The summed E-state index contributed by atoms with van der Waals surface area (Å²) < 4.78 is 86.0. The molecule has 1 aliphatic rings. The Morgan fingerprint density at radius 2 is 1.55 bits per heavy atom. The molecule has 4 rings (SSSR count). The number of carbonyl (C=O) groups excluding carboxylic acids is 1. The van der Waals surface area contributed by atoms with E-state index in [0.29, 0.717) is 56.1 Å². The molecular weight excluding hydrogens is 671 g/mol. The summed E-state index contributed by atoms with van der Waals surface area (Å²) in [4.78, 5) is 13.9. The maximum absolute atomic E-state index is 13.4. The summed E-state index contributed by atoms with van der Waals surface area (Å²) in [5, 5.41) is 14.9. The van der Waals surface area contributed by atoms with Crippen molar-refractivity contribution in [2.45, 2.75) is 55.8 Å². The predicted octanol–water partition coefficient (Wildman–Crippen LogP) is 7.15. The number of hydrogen-bond acceptors (Lipinski definition) is 5. The van der Waals surface area contributed by atoms with Gasteiger partial charge in [-0.3, -0.25) is 4.79 Å². The summed E-state index contributed by atoms with van der Waals surface area (Å²) in [6, 6.07) is 15.1. The number of aliphatic hydroxyl groups is 1. The van der Waals surface area contributed by atoms with Gasteiger partial charge in [0, 0.05) is 25.0 Å². The van der Waals surface area contributed by atoms with Crippen LogP contribution in [-0.2, 0) is 34.1 Å². The Morgan fingerprint density at radius 3 is 2.11 bits per heavy atom. The molecule has 3 aromatic rings. The second-order valence-corrected chi connectivity index (χ2v) is 12.5. The Morgan fingerprint density at radius 1 is 0.936 bits per heavy atom. The number of primary amides is 1. The fourth-order valence-electron chi connectivity index (χ4n) is 5.80. The van der Waals surface area contributed by atoms with E-state index in [4.69, 9.17) is 33.7 Å². The summed E-state index contributed by atoms with van der Waals surface area (Å²) >= 11 is 12.5. The highest BCUT2D eigenvalue weighted by Gasteiger charge is 2.37. The third-order valence-electron chi connectivity index (χ3n) is 8.36. The molecule has 0 aromatic heterocycles. The van der Waals surface area contributed by atoms with Crippen LogP contribution in [0.15, 0.2) is 66.7 Å². The number of nitrogens with one attached hydrogen (secondary N) is 1. The van der Waals surface area contributed by atoms with Crippen LogP contribution in [-0.4, -0.2) is 54.7 Å². The van der Waals surface area contributed by atoms with Gasteiger partial charge in [0.15, 0.2) is 0 Å². The van der Waals surface area contributed by atoms with Crippen molar-refractivity contribution in [1.29, 1.82) is 0 Å². The molecule has 256 valence electrons. The number of amides is 1. The predicted molar refractivity (Wildman–Crippen MR) is 167 cm³/mol. The summed E-state index contributed by atoms with van der Waals surface area (Å²) in [6.45, 7) is 0.761. The lowest BCUT2D eigenvalue weighted by Crippen LogP contribution is -2.46. The quantitative estimate of drug-likeness (QED) is 0.165. The van der Waals surface area contributed by atoms with Gasteiger partial charge in [0.25, 0.3) is 0 Å². The third-order valence-corrected chi connectivity index (χ3v) is 9.10. The van der Waals surface area contributed by atoms with Crippen molar-refractivity contribution in [2.75, 3.05) is 32.8 Å². The minimum atomic E-state index is -4.99. The zero-order valence-electron chi connectivity index (χ0n) is 25.2. The molecule has 0 aliphatic carbocycles. The first-order valence-corrected chi connectivity index (χ1v) is 15.6. The van der Waals surface area contributed by atoms with E-state index in [2.05, 4.69) is 10.2 Å². The molecule has 0 unspecified atom stereocenters. The third kappa shape index (κ3) is 10.3. The smallest absolute Gasteiger partial charge is 0.385 e. The van der Waals surface area contributed by atoms with E-state index >= 15 is 0 Å². The van der Waals surface area contributed by atoms with E-state index in [-0.39, 0.29) is 29.8 Å². The molecule has 1 aliphatic heterocycles. The number of carbonyl (C=O) groups is 1. The lowest BCUT2D eigenvalue weighted by Gasteiger charge is -2.39. The molecule has 0 spiro atoms. The van der Waals surface area contributed by atoms with Crippen LogP contribution in [0.3, 0.4) is 0 Å². The Bertz CT molecular complexity index is 1470. The number of ether oxygens (including phenoxy) is 1. The van der Waals surface area contributed by atoms with E-state index in [9.17, 15) is 36.2 Å². The SMILES string of the molecule is NC(=O)CN[C@H](COCc1cc(C(F)(F)F)cc(C(F)(F)F)c1)[C@@H](CCN1CCC(O)(c2ccccc2)CC1)c1ccc(Cl)c(Cl)c1. The van der Waals surface area contributed by atoms with Crippen LogP contribution in [0.25, 0.3) is 0 Å². The fourth-order valence-corrected chi connectivity index (χ4v) is 6.11. The van der Waals surface area contributed by atoms with Gasteiger partial charge in [-0.05, 0) is 72.8 Å². The second kappa shape index (κ2) is 15.6. The molecule has 47 heavy (non-hydrogen) atoms. The van der Waals surface area contributed by atoms with Crippen molar-refractivity contribution < 1.29 is 41.0 Å². The molecule has 1 amide bonds. The molecule has 6 nitrogen and oxygen atoms in total. The molecule has 1 saturated heterocycles. The topological polar surface area (TPSA) is 87.8 Å². The molecule has 3 aromatic carbocycles. The van der Waals surface area contributed by atoms with Gasteiger partial charge >= 0.3 is 12.4 Å². The number of rotatable bonds is 13. The number of hydrogen-bond donors (Lipinski definition) is 3. The van der Waals surface area contributed by atoms with E-state index in [1.165, 1.54) is 0 Å². The lowest BCUT2D eigenvalue weighted by molar-refractivity contribution is -0.143. The minimum absolute atomic E-state index is 0.0578. The van der Waals surface area contributed by atoms with Gasteiger partial charge < -0.3 is 25.8 Å². The molecule has 14 heteroatoms. The minimum Gasteiger partial charge on any atom is -0.385 e. The Labute approximate surface area is 278 Å². The van der Waals surface area contributed by atoms with Crippen molar-refractivity contribution >= 4 is 29.1 Å². The zero-order valence-corrected chi connectivity index (χ0v) is 26.7. The van der Waals surface area contributed by atoms with Gasteiger partial charge in [0.05, 0.1) is 46.5 Å². The first-order chi connectivity index (χ1) is 22.0. The van der Waals surface area contributed by atoms with Crippen molar-refractivity contribution in [3.05, 3.63) is 105 Å². The second-order valence-electron chi connectivity index (χ2n) is 11.7. The Hall–Kier alpha value is -2.87. The van der Waals surface area contributed by atoms with Crippen molar-refractivity contribution in [2.24, 2.45) is 5.73 Å². The van der Waals surface area contributed by atoms with Crippen LogP contribution in [0.5, 0.6) is 0 Å². The maximum atomic E-state index is 13.4. The van der Waals surface area contributed by atoms with E-state index in [1.54, 1.807) is 18.2 Å². The van der Waals surface area contributed by atoms with E-state index < -0.39 is 53.6 Å². The van der Waals surface area contributed by atoms with Crippen LogP contribution in [0.4, 0.5) is 26.3 Å². The highest BCUT2D eigenvalue weighted by molar-refractivity contribution is 6.42. The van der Waals surface area contributed by atoms with Crippen LogP contribution >= 0.6 is 23.2 Å². The van der Waals surface area contributed by atoms with Crippen LogP contribution < -0.4 is 11.1 Å². The fraction of sp³-hybridized carbons (Fsp3) is 0.424. The van der Waals surface area contributed by atoms with Gasteiger partial charge in [0.1, 0.15) is 0 Å². The number of piperidine rings is 1. The van der Waals surface area contributed by atoms with Gasteiger partial charge in [-0.15, -0.1) is 0 Å². The first-order valence-electron chi connectivity index (χ1n) is 14.9. The summed E-state index contributed by atoms with van der Waals surface area (Å²) in [5.41, 5.74) is 2.83. The number of benzene rings is 3. The Balaban J connectivity index is 1.52. The number of nitrogens with two attached hydrogens (primary N) is 1. The van der Waals surface area contributed by atoms with E-state index in [0.717, 1.165) is 11.1 Å². The lowest BCUT2D eigenvalue weighted by atomic mass is 9.84. The number of likely N-dealkylation sites (tertiary alicyclic amines) is 1. The molecule has 1 fully saturated rings. The van der Waals surface area contributed by atoms with Gasteiger partial charge in [-0.1, -0.05) is 59.6 Å². The van der Waals surface area contributed by atoms with Gasteiger partial charge in [-0.2, -0.15) is 26.3 Å². The van der Waals surface area contributed by atoms with Gasteiger partial charge in [-0.25, -0.2) is 0 Å². The first kappa shape index (κ1) is 37.0. The van der Waals surface area contributed by atoms with Crippen molar-refractivity contribution in [1.82, 2.24) is 10.2 Å². The van der Waals surface area contributed by atoms with Crippen LogP contribution in [0.2, 0.25) is 10.0 Å². The molecule has 0 radical (unpaired) electrons. The van der Waals surface area contributed by atoms with Crippen LogP contribution in [0, 0.1) is 0 Å². The highest BCUT2D eigenvalue weighted by atomic mass is 35.5. The van der Waals surface area contributed by atoms with Crippen LogP contribution in [0.1, 0.15) is 53.0 Å². The normalized spacial score (nSPS) is 17.0. The molecule has 1 heterocycles. The summed E-state index contributed by atoms with van der Waals surface area (Å²) in [6.07, 6.45) is -8.48. The van der Waals surface area contributed by atoms with Crippen molar-refractivity contribution in [3.8, 4) is 0 Å². The number of halogens is 8. The standard InChI is InChI=1S/C33H35Cl2F6N3O3/c34-27-7-6-22(16-28(27)35)26(8-11-44-12-9-31(46,10-13-44)23-4-2-1-3-5-23)29(43-18-30(42)45)20-47-19-21-14-24(32(36,37)38)17-25(15-21)33(39,40)41/h1-7,14-17,26,29,43,46H,8-13,18-20H2,(H2,42,45)/t26-,29+/m0/s1. The monoisotopic (exact) mass is 705 g/mol.